The average molecular weight is 337 g/mol. The summed E-state index contributed by atoms with van der Waals surface area (Å²) in [6.07, 6.45) is 0. The van der Waals surface area contributed by atoms with Gasteiger partial charge in [-0.15, -0.1) is 0 Å². The molecule has 4 rings (SSSR count). The van der Waals surface area contributed by atoms with Crippen molar-refractivity contribution in [3.63, 3.8) is 0 Å². The Morgan fingerprint density at radius 3 is 2.08 bits per heavy atom. The fraction of sp³-hybridized carbons (Fsp3) is 0.211. The summed E-state index contributed by atoms with van der Waals surface area (Å²) in [7, 11) is 3.42. The molecule has 0 spiro atoms. The second kappa shape index (κ2) is 6.86. The maximum Gasteiger partial charge on any atom is 0.263 e. The fourth-order valence-corrected chi connectivity index (χ4v) is 2.88. The van der Waals surface area contributed by atoms with E-state index in [1.54, 1.807) is 24.3 Å². The van der Waals surface area contributed by atoms with E-state index in [9.17, 15) is 9.59 Å². The van der Waals surface area contributed by atoms with E-state index in [2.05, 4.69) is 17.2 Å². The standard InChI is InChI=1S/C10H9NO3.C9H10N2/c1-14-6-11-9(12)7-4-2-3-5-8(7)10(11)13;1-7-8-5-3-4-6-9(8)11(2)10-7/h2-5H,6H2,1H3;3-6H,1-2H3. The van der Waals surface area contributed by atoms with Gasteiger partial charge in [0.15, 0.2) is 0 Å². The number of nitrogens with zero attached hydrogens (tertiary/aromatic N) is 3. The van der Waals surface area contributed by atoms with E-state index in [1.807, 2.05) is 30.8 Å². The summed E-state index contributed by atoms with van der Waals surface area (Å²) >= 11 is 0. The number of ether oxygens (including phenoxy) is 1. The van der Waals surface area contributed by atoms with Crippen molar-refractivity contribution in [3.8, 4) is 0 Å². The quantitative estimate of drug-likeness (QED) is 0.675. The van der Waals surface area contributed by atoms with E-state index in [0.29, 0.717) is 11.1 Å². The van der Waals surface area contributed by atoms with Gasteiger partial charge in [0, 0.05) is 19.5 Å². The van der Waals surface area contributed by atoms with Gasteiger partial charge in [0.25, 0.3) is 11.8 Å². The molecule has 2 heterocycles. The molecule has 2 amide bonds. The molecule has 0 saturated carbocycles. The highest BCUT2D eigenvalue weighted by Gasteiger charge is 2.34. The van der Waals surface area contributed by atoms with Gasteiger partial charge in [-0.2, -0.15) is 5.10 Å². The molecule has 1 aliphatic heterocycles. The van der Waals surface area contributed by atoms with Crippen LogP contribution in [0, 0.1) is 6.92 Å². The molecule has 0 fully saturated rings. The Morgan fingerprint density at radius 2 is 1.52 bits per heavy atom. The van der Waals surface area contributed by atoms with E-state index in [4.69, 9.17) is 4.74 Å². The lowest BCUT2D eigenvalue weighted by molar-refractivity contribution is 0.0389. The predicted molar refractivity (Wildman–Crippen MR) is 94.3 cm³/mol. The molecule has 0 unspecified atom stereocenters. The Labute approximate surface area is 145 Å². The van der Waals surface area contributed by atoms with Crippen molar-refractivity contribution in [2.45, 2.75) is 6.92 Å². The largest absolute Gasteiger partial charge is 0.364 e. The molecule has 6 nitrogen and oxygen atoms in total. The van der Waals surface area contributed by atoms with Gasteiger partial charge in [0.1, 0.15) is 6.73 Å². The van der Waals surface area contributed by atoms with Gasteiger partial charge in [-0.05, 0) is 25.1 Å². The predicted octanol–water partition coefficient (Wildman–Crippen LogP) is 2.77. The molecule has 0 N–H and O–H groups in total. The second-order valence-corrected chi connectivity index (χ2v) is 5.73. The zero-order chi connectivity index (χ0) is 18.0. The van der Waals surface area contributed by atoms with Gasteiger partial charge < -0.3 is 4.74 Å². The van der Waals surface area contributed by atoms with Crippen LogP contribution in [0.3, 0.4) is 0 Å². The minimum Gasteiger partial charge on any atom is -0.364 e. The summed E-state index contributed by atoms with van der Waals surface area (Å²) in [6, 6.07) is 15.0. The summed E-state index contributed by atoms with van der Waals surface area (Å²) in [6.45, 7) is 2.04. The van der Waals surface area contributed by atoms with Crippen molar-refractivity contribution in [2.24, 2.45) is 7.05 Å². The number of imide groups is 1. The van der Waals surface area contributed by atoms with Crippen LogP contribution in [0.1, 0.15) is 26.4 Å². The lowest BCUT2D eigenvalue weighted by Gasteiger charge is -2.10. The Balaban J connectivity index is 0.000000150. The monoisotopic (exact) mass is 337 g/mol. The number of hydrogen-bond donors (Lipinski definition) is 0. The molecule has 0 aliphatic carbocycles. The normalized spacial score (nSPS) is 13.0. The zero-order valence-corrected chi connectivity index (χ0v) is 14.4. The molecule has 25 heavy (non-hydrogen) atoms. The van der Waals surface area contributed by atoms with Crippen molar-refractivity contribution in [3.05, 3.63) is 65.4 Å². The molecule has 0 saturated heterocycles. The van der Waals surface area contributed by atoms with E-state index in [1.165, 1.54) is 18.0 Å². The van der Waals surface area contributed by atoms with Crippen molar-refractivity contribution < 1.29 is 14.3 Å². The lowest BCUT2D eigenvalue weighted by atomic mass is 10.1. The van der Waals surface area contributed by atoms with Crippen LogP contribution < -0.4 is 0 Å². The molecular weight excluding hydrogens is 318 g/mol. The lowest BCUT2D eigenvalue weighted by Crippen LogP contribution is -2.31. The number of amides is 2. The van der Waals surface area contributed by atoms with Crippen molar-refractivity contribution in [2.75, 3.05) is 13.8 Å². The first-order valence-electron chi connectivity index (χ1n) is 7.87. The van der Waals surface area contributed by atoms with Crippen LogP contribution >= 0.6 is 0 Å². The van der Waals surface area contributed by atoms with Crippen LogP contribution in [-0.4, -0.2) is 40.3 Å². The molecule has 0 radical (unpaired) electrons. The number of carbonyl (C=O) groups is 2. The molecule has 3 aromatic rings. The number of fused-ring (bicyclic) bond motifs is 2. The van der Waals surface area contributed by atoms with Gasteiger partial charge >= 0.3 is 0 Å². The highest BCUT2D eigenvalue weighted by atomic mass is 16.5. The van der Waals surface area contributed by atoms with E-state index >= 15 is 0 Å². The number of hydrogen-bond acceptors (Lipinski definition) is 4. The van der Waals surface area contributed by atoms with Gasteiger partial charge in [0.2, 0.25) is 0 Å². The first kappa shape index (κ1) is 16.9. The summed E-state index contributed by atoms with van der Waals surface area (Å²) < 4.78 is 6.69. The fourth-order valence-electron chi connectivity index (χ4n) is 2.88. The van der Waals surface area contributed by atoms with Crippen LogP contribution in [0.15, 0.2) is 48.5 Å². The Bertz CT molecular complexity index is 875. The number of methoxy groups -OCH3 is 1. The topological polar surface area (TPSA) is 64.4 Å². The van der Waals surface area contributed by atoms with Crippen LogP contribution in [0.25, 0.3) is 10.9 Å². The first-order chi connectivity index (χ1) is 12.0. The van der Waals surface area contributed by atoms with Gasteiger partial charge in [0.05, 0.1) is 22.3 Å². The molecule has 2 aromatic carbocycles. The number of aromatic nitrogens is 2. The van der Waals surface area contributed by atoms with E-state index in [-0.39, 0.29) is 18.5 Å². The van der Waals surface area contributed by atoms with Crippen LogP contribution in [0.4, 0.5) is 0 Å². The van der Waals surface area contributed by atoms with Gasteiger partial charge in [-0.1, -0.05) is 30.3 Å². The Morgan fingerprint density at radius 1 is 0.960 bits per heavy atom. The molecule has 1 aliphatic rings. The highest BCUT2D eigenvalue weighted by Crippen LogP contribution is 2.21. The maximum atomic E-state index is 11.6. The molecule has 1 aromatic heterocycles. The number of para-hydroxylation sites is 1. The van der Waals surface area contributed by atoms with Crippen LogP contribution in [0.2, 0.25) is 0 Å². The Kier molecular flexibility index (Phi) is 4.63. The third-order valence-electron chi connectivity index (χ3n) is 4.08. The van der Waals surface area contributed by atoms with E-state index in [0.717, 1.165) is 10.6 Å². The number of carbonyl (C=O) groups excluding carboxylic acids is 2. The summed E-state index contributed by atoms with van der Waals surface area (Å²) in [4.78, 5) is 24.3. The number of rotatable bonds is 2. The third kappa shape index (κ3) is 3.04. The van der Waals surface area contributed by atoms with Gasteiger partial charge in [-0.3, -0.25) is 19.2 Å². The molecular formula is C19H19N3O3. The van der Waals surface area contributed by atoms with Gasteiger partial charge in [-0.25, -0.2) is 0 Å². The Hall–Kier alpha value is -2.99. The average Bonchev–Trinajstić information content (AvgIpc) is 3.06. The molecule has 0 atom stereocenters. The van der Waals surface area contributed by atoms with Crippen LogP contribution in [-0.2, 0) is 11.8 Å². The zero-order valence-electron chi connectivity index (χ0n) is 14.4. The van der Waals surface area contributed by atoms with Crippen molar-refractivity contribution in [1.82, 2.24) is 14.7 Å². The SMILES string of the molecule is COCN1C(=O)c2ccccc2C1=O.Cc1nn(C)c2ccccc12. The molecule has 128 valence electrons. The minimum atomic E-state index is -0.285. The van der Waals surface area contributed by atoms with E-state index < -0.39 is 0 Å². The van der Waals surface area contributed by atoms with Crippen LogP contribution in [0.5, 0.6) is 0 Å². The summed E-state index contributed by atoms with van der Waals surface area (Å²) in [5.74, 6) is -0.570. The van der Waals surface area contributed by atoms with Crippen molar-refractivity contribution >= 4 is 22.7 Å². The van der Waals surface area contributed by atoms with Crippen molar-refractivity contribution in [1.29, 1.82) is 0 Å². The summed E-state index contributed by atoms with van der Waals surface area (Å²) in [5.41, 5.74) is 3.21. The second-order valence-electron chi connectivity index (χ2n) is 5.73. The highest BCUT2D eigenvalue weighted by molar-refractivity contribution is 6.21. The number of aryl methyl sites for hydroxylation is 2. The first-order valence-corrected chi connectivity index (χ1v) is 7.87. The third-order valence-corrected chi connectivity index (χ3v) is 4.08. The molecule has 6 heteroatoms. The molecule has 0 bridgehead atoms. The number of benzene rings is 2. The maximum absolute atomic E-state index is 11.6. The minimum absolute atomic E-state index is 0.00630. The smallest absolute Gasteiger partial charge is 0.263 e. The summed E-state index contributed by atoms with van der Waals surface area (Å²) in [5, 5.41) is 5.55.